The Morgan fingerprint density at radius 2 is 1.00 bits per heavy atom. The molecule has 0 spiro atoms. The highest BCUT2D eigenvalue weighted by molar-refractivity contribution is 5.45. The van der Waals surface area contributed by atoms with Gasteiger partial charge in [-0.2, -0.15) is 0 Å². The molecule has 0 saturated carbocycles. The average molecular weight is 206 g/mol. The molecule has 1 aliphatic rings. The fourth-order valence-corrected chi connectivity index (χ4v) is 1.20. The van der Waals surface area contributed by atoms with Crippen molar-refractivity contribution in [3.8, 4) is 0 Å². The fourth-order valence-electron chi connectivity index (χ4n) is 1.20. The minimum Gasteiger partial charge on any atom is -0.0729 e. The summed E-state index contributed by atoms with van der Waals surface area (Å²) >= 11 is 0. The minimum atomic E-state index is 1.11. The van der Waals surface area contributed by atoms with Gasteiger partial charge < -0.3 is 0 Å². The Bertz CT molecular complexity index is 287. The molecule has 0 amide bonds. The van der Waals surface area contributed by atoms with E-state index in [1.807, 2.05) is 41.5 Å². The second kappa shape index (κ2) is 13.0. The van der Waals surface area contributed by atoms with Crippen molar-refractivity contribution >= 4 is 12.2 Å². The van der Waals surface area contributed by atoms with Crippen LogP contribution in [0.4, 0.5) is 0 Å². The third kappa shape index (κ3) is 6.11. The van der Waals surface area contributed by atoms with E-state index in [0.29, 0.717) is 0 Å². The van der Waals surface area contributed by atoms with Gasteiger partial charge in [-0.25, -0.2) is 0 Å². The van der Waals surface area contributed by atoms with E-state index in [9.17, 15) is 0 Å². The van der Waals surface area contributed by atoms with Gasteiger partial charge in [0.05, 0.1) is 0 Å². The number of fused-ring (bicyclic) bond motifs is 1. The third-order valence-electron chi connectivity index (χ3n) is 1.67. The van der Waals surface area contributed by atoms with Crippen LogP contribution in [0.5, 0.6) is 0 Å². The summed E-state index contributed by atoms with van der Waals surface area (Å²) < 4.78 is 0. The Morgan fingerprint density at radius 1 is 0.667 bits per heavy atom. The highest BCUT2D eigenvalue weighted by Gasteiger charge is 1.87. The van der Waals surface area contributed by atoms with Crippen LogP contribution in [0.15, 0.2) is 24.3 Å². The largest absolute Gasteiger partial charge is 0.0729 e. The van der Waals surface area contributed by atoms with Gasteiger partial charge in [0.25, 0.3) is 0 Å². The summed E-state index contributed by atoms with van der Waals surface area (Å²) in [6, 6.07) is 8.46. The lowest BCUT2D eigenvalue weighted by Crippen LogP contribution is -2.19. The first kappa shape index (κ1) is 16.4. The molecule has 1 aromatic carbocycles. The second-order valence-electron chi connectivity index (χ2n) is 2.27. The molecule has 1 aromatic rings. The Kier molecular flexibility index (Phi) is 14.2. The van der Waals surface area contributed by atoms with Crippen LogP contribution in [0.25, 0.3) is 12.2 Å². The van der Waals surface area contributed by atoms with Crippen molar-refractivity contribution in [1.82, 2.24) is 0 Å². The molecule has 2 rings (SSSR count). The van der Waals surface area contributed by atoms with Gasteiger partial charge in [-0.05, 0) is 16.9 Å². The van der Waals surface area contributed by atoms with Crippen molar-refractivity contribution in [3.63, 3.8) is 0 Å². The van der Waals surface area contributed by atoms with Crippen molar-refractivity contribution < 1.29 is 0 Å². The topological polar surface area (TPSA) is 0 Å². The number of hydrogen-bond donors (Lipinski definition) is 0. The van der Waals surface area contributed by atoms with Gasteiger partial charge in [0.15, 0.2) is 0 Å². The summed E-state index contributed by atoms with van der Waals surface area (Å²) in [6.45, 7) is 12.0. The van der Waals surface area contributed by atoms with Crippen LogP contribution in [-0.2, 0) is 0 Å². The predicted molar refractivity (Wildman–Crippen MR) is 73.3 cm³/mol. The quantitative estimate of drug-likeness (QED) is 0.607. The Balaban J connectivity index is 0. The molecular weight excluding hydrogens is 180 g/mol. The van der Waals surface area contributed by atoms with Crippen LogP contribution in [0.2, 0.25) is 0 Å². The normalized spacial score (nSPS) is 9.47. The molecule has 1 aliphatic carbocycles. The molecule has 0 radical (unpaired) electrons. The summed E-state index contributed by atoms with van der Waals surface area (Å²) in [5.74, 6) is 0. The highest BCUT2D eigenvalue weighted by atomic mass is 13.9. The lowest BCUT2D eigenvalue weighted by atomic mass is 10.3. The van der Waals surface area contributed by atoms with Crippen LogP contribution >= 0.6 is 0 Å². The molecule has 0 aromatic heterocycles. The second-order valence-corrected chi connectivity index (χ2v) is 2.27. The Morgan fingerprint density at radius 3 is 1.33 bits per heavy atom. The molecule has 0 fully saturated rings. The van der Waals surface area contributed by atoms with Crippen LogP contribution in [-0.4, -0.2) is 0 Å². The average Bonchev–Trinajstić information content (AvgIpc) is 2.85. The van der Waals surface area contributed by atoms with E-state index in [2.05, 4.69) is 36.4 Å². The zero-order valence-corrected chi connectivity index (χ0v) is 11.2. The highest BCUT2D eigenvalue weighted by Crippen LogP contribution is 1.87. The van der Waals surface area contributed by atoms with E-state index in [1.165, 1.54) is 10.4 Å². The first-order chi connectivity index (χ1) is 7.47. The maximum atomic E-state index is 2.25. The number of benzene rings is 1. The SMILES string of the molecule is C1=c2ccccc2=CC1.CC.CC.CC. The zero-order valence-electron chi connectivity index (χ0n) is 11.2. The van der Waals surface area contributed by atoms with Crippen molar-refractivity contribution in [3.05, 3.63) is 34.7 Å². The van der Waals surface area contributed by atoms with E-state index in [4.69, 9.17) is 0 Å². The first-order valence-electron chi connectivity index (χ1n) is 6.22. The molecule has 86 valence electrons. The molecule has 0 heterocycles. The van der Waals surface area contributed by atoms with E-state index in [-0.39, 0.29) is 0 Å². The van der Waals surface area contributed by atoms with Gasteiger partial charge in [0, 0.05) is 0 Å². The maximum absolute atomic E-state index is 2.25. The molecule has 0 saturated heterocycles. The van der Waals surface area contributed by atoms with E-state index >= 15 is 0 Å². The van der Waals surface area contributed by atoms with Crippen molar-refractivity contribution in [2.45, 2.75) is 48.0 Å². The van der Waals surface area contributed by atoms with E-state index in [0.717, 1.165) is 6.42 Å². The van der Waals surface area contributed by atoms with Gasteiger partial charge in [-0.15, -0.1) is 0 Å². The lowest BCUT2D eigenvalue weighted by Gasteiger charge is -1.79. The summed E-state index contributed by atoms with van der Waals surface area (Å²) in [5, 5.41) is 2.77. The number of rotatable bonds is 0. The lowest BCUT2D eigenvalue weighted by molar-refractivity contribution is 1.50. The minimum absolute atomic E-state index is 1.11. The first-order valence-corrected chi connectivity index (χ1v) is 6.22. The monoisotopic (exact) mass is 206 g/mol. The summed E-state index contributed by atoms with van der Waals surface area (Å²) in [7, 11) is 0. The summed E-state index contributed by atoms with van der Waals surface area (Å²) in [6.07, 6.45) is 5.60. The smallest absolute Gasteiger partial charge is 0.0151 e. The molecule has 0 N–H and O–H groups in total. The molecule has 15 heavy (non-hydrogen) atoms. The van der Waals surface area contributed by atoms with E-state index < -0.39 is 0 Å². The molecule has 0 nitrogen and oxygen atoms in total. The van der Waals surface area contributed by atoms with Gasteiger partial charge in [-0.3, -0.25) is 0 Å². The summed E-state index contributed by atoms with van der Waals surface area (Å²) in [5.41, 5.74) is 0. The number of hydrogen-bond acceptors (Lipinski definition) is 0. The van der Waals surface area contributed by atoms with Gasteiger partial charge in [-0.1, -0.05) is 78.0 Å². The Hall–Kier alpha value is -1.04. The van der Waals surface area contributed by atoms with Crippen LogP contribution < -0.4 is 10.4 Å². The standard InChI is InChI=1S/C9H8.3C2H6/c1-2-5-9-7-3-6-8(9)4-1;3*1-2/h1-2,4-7H,3H2;3*1-2H3. The van der Waals surface area contributed by atoms with Crippen molar-refractivity contribution in [2.24, 2.45) is 0 Å². The van der Waals surface area contributed by atoms with Gasteiger partial charge >= 0.3 is 0 Å². The van der Waals surface area contributed by atoms with Crippen LogP contribution in [0.1, 0.15) is 48.0 Å². The predicted octanol–water partition coefficient (Wildman–Crippen LogP) is 3.73. The van der Waals surface area contributed by atoms with Gasteiger partial charge in [0.2, 0.25) is 0 Å². The van der Waals surface area contributed by atoms with E-state index in [1.54, 1.807) is 0 Å². The van der Waals surface area contributed by atoms with Crippen molar-refractivity contribution in [1.29, 1.82) is 0 Å². The zero-order chi connectivity index (χ0) is 12.1. The molecule has 0 aliphatic heterocycles. The molecule has 0 atom stereocenters. The summed E-state index contributed by atoms with van der Waals surface area (Å²) in [4.78, 5) is 0. The third-order valence-corrected chi connectivity index (χ3v) is 1.67. The Labute approximate surface area is 95.3 Å². The van der Waals surface area contributed by atoms with Crippen LogP contribution in [0.3, 0.4) is 0 Å². The maximum Gasteiger partial charge on any atom is -0.0151 e. The fraction of sp³-hybridized carbons (Fsp3) is 0.467. The van der Waals surface area contributed by atoms with Crippen LogP contribution in [0, 0.1) is 0 Å². The molecular formula is C15H26. The van der Waals surface area contributed by atoms with Crippen molar-refractivity contribution in [2.75, 3.05) is 0 Å². The molecule has 0 bridgehead atoms. The van der Waals surface area contributed by atoms with Gasteiger partial charge in [0.1, 0.15) is 0 Å². The molecule has 0 unspecified atom stereocenters. The molecule has 0 heteroatoms.